The summed E-state index contributed by atoms with van der Waals surface area (Å²) < 4.78 is 5.60. The number of hydrogen-bond donors (Lipinski definition) is 1. The molecule has 1 aromatic rings. The van der Waals surface area contributed by atoms with Crippen LogP contribution < -0.4 is 5.32 Å². The Kier molecular flexibility index (Phi) is 8.71. The summed E-state index contributed by atoms with van der Waals surface area (Å²) in [7, 11) is 1.21. The normalized spacial score (nSPS) is 18.6. The first-order valence-electron chi connectivity index (χ1n) is 9.84. The van der Waals surface area contributed by atoms with Gasteiger partial charge in [-0.15, -0.1) is 0 Å². The van der Waals surface area contributed by atoms with Gasteiger partial charge in [-0.05, 0) is 45.4 Å². The van der Waals surface area contributed by atoms with Gasteiger partial charge in [0.2, 0.25) is 11.8 Å². The number of nitriles is 1. The summed E-state index contributed by atoms with van der Waals surface area (Å²) >= 11 is 4.50. The van der Waals surface area contributed by atoms with Crippen LogP contribution in [-0.2, 0) is 19.1 Å². The Labute approximate surface area is 195 Å². The zero-order valence-corrected chi connectivity index (χ0v) is 20.5. The van der Waals surface area contributed by atoms with E-state index in [9.17, 15) is 19.6 Å². The molecule has 0 spiro atoms. The van der Waals surface area contributed by atoms with Crippen LogP contribution in [0.4, 0.5) is 0 Å². The third-order valence-corrected chi connectivity index (χ3v) is 6.43. The second-order valence-corrected chi connectivity index (χ2v) is 9.56. The number of thioether (sulfide) groups is 1. The van der Waals surface area contributed by atoms with Crippen molar-refractivity contribution in [3.8, 4) is 6.07 Å². The molecular formula is C22H26BrN3O4S. The van der Waals surface area contributed by atoms with Crippen molar-refractivity contribution in [3.63, 3.8) is 0 Å². The highest BCUT2D eigenvalue weighted by atomic mass is 79.9. The van der Waals surface area contributed by atoms with Gasteiger partial charge in [-0.2, -0.15) is 5.26 Å². The molecule has 9 heteroatoms. The summed E-state index contributed by atoms with van der Waals surface area (Å²) in [5.74, 6) is -3.32. The van der Waals surface area contributed by atoms with Gasteiger partial charge in [0.05, 0.1) is 29.5 Å². The maximum atomic E-state index is 12.9. The Hall–Kier alpha value is -2.31. The summed E-state index contributed by atoms with van der Waals surface area (Å²) in [4.78, 5) is 39.8. The lowest BCUT2D eigenvalue weighted by molar-refractivity contribution is -0.150. The Morgan fingerprint density at radius 1 is 1.29 bits per heavy atom. The molecule has 0 fully saturated rings. The van der Waals surface area contributed by atoms with E-state index in [1.165, 1.54) is 7.11 Å². The molecule has 1 aliphatic heterocycles. The molecule has 0 bridgehead atoms. The number of methoxy groups -OCH3 is 1. The smallest absolute Gasteiger partial charge is 0.319 e. The van der Waals surface area contributed by atoms with Gasteiger partial charge in [-0.1, -0.05) is 39.8 Å². The summed E-state index contributed by atoms with van der Waals surface area (Å²) in [6, 6.07) is 9.31. The monoisotopic (exact) mass is 507 g/mol. The number of esters is 1. The molecule has 0 radical (unpaired) electrons. The van der Waals surface area contributed by atoms with E-state index in [1.807, 2.05) is 33.8 Å². The van der Waals surface area contributed by atoms with Crippen LogP contribution in [0.5, 0.6) is 0 Å². The Morgan fingerprint density at radius 3 is 2.45 bits per heavy atom. The van der Waals surface area contributed by atoms with Gasteiger partial charge in [0.15, 0.2) is 0 Å². The van der Waals surface area contributed by atoms with Crippen LogP contribution in [0.15, 0.2) is 39.3 Å². The topological polar surface area (TPSA) is 99.5 Å². The van der Waals surface area contributed by atoms with Crippen LogP contribution in [0.1, 0.15) is 39.2 Å². The minimum Gasteiger partial charge on any atom is -0.468 e. The quantitative estimate of drug-likeness (QED) is 0.447. The van der Waals surface area contributed by atoms with E-state index < -0.39 is 23.7 Å². The standard InChI is InChI=1S/C22H26BrN3O4S/c1-12(2)26(13(3)4)17(27)11-31-21-16(10-24)18(14-7-6-8-15(23)9-14)19(20(28)25-21)22(29)30-5/h6-9,12-13,18-19H,11H2,1-5H3,(H,25,28)/t18-,19-/m1/s1. The first-order chi connectivity index (χ1) is 14.6. The van der Waals surface area contributed by atoms with Crippen molar-refractivity contribution in [1.82, 2.24) is 10.2 Å². The number of amides is 2. The molecule has 0 aromatic heterocycles. The maximum Gasteiger partial charge on any atom is 0.319 e. The number of carbonyl (C=O) groups excluding carboxylic acids is 3. The lowest BCUT2D eigenvalue weighted by Crippen LogP contribution is -2.45. The Bertz CT molecular complexity index is 931. The van der Waals surface area contributed by atoms with Crippen molar-refractivity contribution >= 4 is 45.5 Å². The molecule has 1 aliphatic rings. The maximum absolute atomic E-state index is 12.9. The number of halogens is 1. The third kappa shape index (κ3) is 5.69. The number of hydrogen-bond acceptors (Lipinski definition) is 6. The van der Waals surface area contributed by atoms with Gasteiger partial charge in [-0.3, -0.25) is 14.4 Å². The molecule has 0 aliphatic carbocycles. The first-order valence-corrected chi connectivity index (χ1v) is 11.6. The number of nitrogens with one attached hydrogen (secondary N) is 1. The summed E-state index contributed by atoms with van der Waals surface area (Å²) in [5, 5.41) is 12.9. The number of ether oxygens (including phenoxy) is 1. The molecule has 2 rings (SSSR count). The van der Waals surface area contributed by atoms with Crippen LogP contribution in [0.25, 0.3) is 0 Å². The van der Waals surface area contributed by atoms with E-state index in [0.29, 0.717) is 10.6 Å². The molecular weight excluding hydrogens is 482 g/mol. The fraction of sp³-hybridized carbons (Fsp3) is 0.455. The molecule has 166 valence electrons. The molecule has 2 amide bonds. The SMILES string of the molecule is COC(=O)[C@H]1C(=O)NC(SCC(=O)N(C(C)C)C(C)C)=C(C#N)[C@H]1c1cccc(Br)c1. The van der Waals surface area contributed by atoms with Crippen LogP contribution >= 0.6 is 27.7 Å². The summed E-state index contributed by atoms with van der Waals surface area (Å²) in [5.41, 5.74) is 0.859. The van der Waals surface area contributed by atoms with E-state index in [0.717, 1.165) is 16.2 Å². The molecule has 2 atom stereocenters. The van der Waals surface area contributed by atoms with Gasteiger partial charge in [0.25, 0.3) is 0 Å². The highest BCUT2D eigenvalue weighted by Gasteiger charge is 2.44. The fourth-order valence-corrected chi connectivity index (χ4v) is 5.10. The molecule has 0 unspecified atom stereocenters. The van der Waals surface area contributed by atoms with Gasteiger partial charge in [0.1, 0.15) is 5.92 Å². The molecule has 1 aromatic carbocycles. The first kappa shape index (κ1) is 25.0. The van der Waals surface area contributed by atoms with Crippen LogP contribution in [0, 0.1) is 17.2 Å². The van der Waals surface area contributed by atoms with Gasteiger partial charge >= 0.3 is 5.97 Å². The Morgan fingerprint density at radius 2 is 1.94 bits per heavy atom. The van der Waals surface area contributed by atoms with Crippen molar-refractivity contribution in [2.45, 2.75) is 45.7 Å². The van der Waals surface area contributed by atoms with Crippen molar-refractivity contribution < 1.29 is 19.1 Å². The van der Waals surface area contributed by atoms with E-state index in [-0.39, 0.29) is 29.3 Å². The van der Waals surface area contributed by atoms with Crippen LogP contribution in [0.2, 0.25) is 0 Å². The van der Waals surface area contributed by atoms with Crippen molar-refractivity contribution in [2.24, 2.45) is 5.92 Å². The minimum atomic E-state index is -1.20. The average Bonchev–Trinajstić information content (AvgIpc) is 2.70. The largest absolute Gasteiger partial charge is 0.468 e. The predicted molar refractivity (Wildman–Crippen MR) is 123 cm³/mol. The summed E-state index contributed by atoms with van der Waals surface area (Å²) in [6.45, 7) is 7.76. The molecule has 0 saturated carbocycles. The van der Waals surface area contributed by atoms with Crippen molar-refractivity contribution in [3.05, 3.63) is 44.9 Å². The van der Waals surface area contributed by atoms with Gasteiger partial charge in [-0.25, -0.2) is 0 Å². The van der Waals surface area contributed by atoms with Crippen molar-refractivity contribution in [2.75, 3.05) is 12.9 Å². The second-order valence-electron chi connectivity index (χ2n) is 7.65. The highest BCUT2D eigenvalue weighted by Crippen LogP contribution is 2.40. The van der Waals surface area contributed by atoms with Crippen LogP contribution in [-0.4, -0.2) is 47.6 Å². The number of allylic oxidation sites excluding steroid dienone is 1. The number of nitrogens with zero attached hydrogens (tertiary/aromatic N) is 2. The average molecular weight is 508 g/mol. The molecule has 7 nitrogen and oxygen atoms in total. The molecule has 1 N–H and O–H groups in total. The van der Waals surface area contributed by atoms with E-state index in [4.69, 9.17) is 4.74 Å². The van der Waals surface area contributed by atoms with Crippen molar-refractivity contribution in [1.29, 1.82) is 5.26 Å². The van der Waals surface area contributed by atoms with E-state index in [1.54, 1.807) is 23.1 Å². The lowest BCUT2D eigenvalue weighted by atomic mass is 9.78. The third-order valence-electron chi connectivity index (χ3n) is 4.93. The minimum absolute atomic E-state index is 0.0246. The predicted octanol–water partition coefficient (Wildman–Crippen LogP) is 3.57. The zero-order valence-electron chi connectivity index (χ0n) is 18.1. The number of carbonyl (C=O) groups is 3. The Balaban J connectivity index is 2.46. The fourth-order valence-electron chi connectivity index (χ4n) is 3.76. The number of benzene rings is 1. The molecule has 0 saturated heterocycles. The highest BCUT2D eigenvalue weighted by molar-refractivity contribution is 9.10. The lowest BCUT2D eigenvalue weighted by Gasteiger charge is -2.32. The molecule has 31 heavy (non-hydrogen) atoms. The van der Waals surface area contributed by atoms with Gasteiger partial charge < -0.3 is 15.0 Å². The van der Waals surface area contributed by atoms with Gasteiger partial charge in [0, 0.05) is 22.5 Å². The van der Waals surface area contributed by atoms with E-state index >= 15 is 0 Å². The zero-order chi connectivity index (χ0) is 23.3. The summed E-state index contributed by atoms with van der Waals surface area (Å²) in [6.07, 6.45) is 0. The second kappa shape index (κ2) is 10.8. The molecule has 1 heterocycles. The van der Waals surface area contributed by atoms with E-state index in [2.05, 4.69) is 27.3 Å². The van der Waals surface area contributed by atoms with Crippen LogP contribution in [0.3, 0.4) is 0 Å². The number of rotatable bonds is 7.